The average Bonchev–Trinajstić information content (AvgIpc) is 3.03. The number of anilines is 1. The lowest BCUT2D eigenvalue weighted by Gasteiger charge is -2.10. The Morgan fingerprint density at radius 2 is 1.85 bits per heavy atom. The lowest BCUT2D eigenvalue weighted by atomic mass is 10.2. The van der Waals surface area contributed by atoms with Crippen molar-refractivity contribution in [2.24, 2.45) is 7.05 Å². The quantitative estimate of drug-likeness (QED) is 0.586. The van der Waals surface area contributed by atoms with Gasteiger partial charge in [-0.15, -0.1) is 0 Å². The van der Waals surface area contributed by atoms with E-state index in [0.29, 0.717) is 12.4 Å². The molecule has 4 aromatic rings. The van der Waals surface area contributed by atoms with Gasteiger partial charge in [0, 0.05) is 36.8 Å². The first-order valence-corrected chi connectivity index (χ1v) is 9.09. The summed E-state index contributed by atoms with van der Waals surface area (Å²) >= 11 is 0. The van der Waals surface area contributed by atoms with Gasteiger partial charge in [0.05, 0.1) is 17.6 Å². The lowest BCUT2D eigenvalue weighted by Crippen LogP contribution is -2.09. The van der Waals surface area contributed by atoms with Gasteiger partial charge < -0.3 is 9.88 Å². The van der Waals surface area contributed by atoms with Gasteiger partial charge in [0.15, 0.2) is 5.82 Å². The molecule has 1 aromatic carbocycles. The predicted molar refractivity (Wildman–Crippen MR) is 107 cm³/mol. The molecule has 1 N–H and O–H groups in total. The van der Waals surface area contributed by atoms with Crippen molar-refractivity contribution in [3.8, 4) is 11.4 Å². The third-order valence-electron chi connectivity index (χ3n) is 4.70. The number of para-hydroxylation sites is 1. The Balaban J connectivity index is 1.63. The van der Waals surface area contributed by atoms with Crippen molar-refractivity contribution in [2.75, 3.05) is 5.32 Å². The first-order valence-electron chi connectivity index (χ1n) is 9.09. The number of nitrogens with zero attached hydrogens (tertiary/aromatic N) is 5. The molecule has 6 nitrogen and oxygen atoms in total. The first kappa shape index (κ1) is 17.1. The van der Waals surface area contributed by atoms with Crippen LogP contribution in [0, 0.1) is 6.92 Å². The van der Waals surface area contributed by atoms with Gasteiger partial charge in [-0.1, -0.05) is 19.1 Å². The van der Waals surface area contributed by atoms with Crippen LogP contribution in [0.25, 0.3) is 22.4 Å². The van der Waals surface area contributed by atoms with Crippen LogP contribution in [0.15, 0.2) is 48.8 Å². The van der Waals surface area contributed by atoms with E-state index in [4.69, 9.17) is 4.98 Å². The molecule has 136 valence electrons. The fraction of sp³-hybridized carbons (Fsp3) is 0.238. The minimum absolute atomic E-state index is 0.598. The molecule has 4 rings (SSSR count). The summed E-state index contributed by atoms with van der Waals surface area (Å²) < 4.78 is 2.14. The molecular formula is C21H22N6. The van der Waals surface area contributed by atoms with Crippen LogP contribution in [0.5, 0.6) is 0 Å². The molecule has 27 heavy (non-hydrogen) atoms. The minimum Gasteiger partial charge on any atom is -0.363 e. The molecule has 0 fully saturated rings. The maximum atomic E-state index is 4.76. The third kappa shape index (κ3) is 3.38. The van der Waals surface area contributed by atoms with E-state index in [0.717, 1.165) is 34.8 Å². The number of hydrogen-bond donors (Lipinski definition) is 1. The molecule has 0 radical (unpaired) electrons. The van der Waals surface area contributed by atoms with Crippen molar-refractivity contribution < 1.29 is 0 Å². The fourth-order valence-corrected chi connectivity index (χ4v) is 3.24. The van der Waals surface area contributed by atoms with E-state index in [1.54, 1.807) is 12.4 Å². The zero-order valence-electron chi connectivity index (χ0n) is 15.8. The summed E-state index contributed by atoms with van der Waals surface area (Å²) in [5.74, 6) is 2.49. The maximum absolute atomic E-state index is 4.76. The van der Waals surface area contributed by atoms with E-state index in [2.05, 4.69) is 51.8 Å². The van der Waals surface area contributed by atoms with Crippen LogP contribution in [-0.4, -0.2) is 24.5 Å². The second-order valence-electron chi connectivity index (χ2n) is 6.54. The number of aromatic nitrogens is 5. The van der Waals surface area contributed by atoms with Crippen LogP contribution in [0.2, 0.25) is 0 Å². The van der Waals surface area contributed by atoms with Crippen molar-refractivity contribution in [3.63, 3.8) is 0 Å². The number of imidazole rings is 1. The predicted octanol–water partition coefficient (Wildman–Crippen LogP) is 3.91. The van der Waals surface area contributed by atoms with E-state index in [9.17, 15) is 0 Å². The summed E-state index contributed by atoms with van der Waals surface area (Å²) in [6, 6.07) is 12.0. The first-order chi connectivity index (χ1) is 13.2. The molecule has 0 saturated carbocycles. The van der Waals surface area contributed by atoms with Crippen molar-refractivity contribution in [2.45, 2.75) is 26.8 Å². The molecule has 0 unspecified atom stereocenters. The van der Waals surface area contributed by atoms with Crippen LogP contribution in [0.1, 0.15) is 24.0 Å². The van der Waals surface area contributed by atoms with Crippen molar-refractivity contribution in [1.29, 1.82) is 0 Å². The van der Waals surface area contributed by atoms with Crippen molar-refractivity contribution >= 4 is 16.9 Å². The zero-order valence-corrected chi connectivity index (χ0v) is 15.8. The van der Waals surface area contributed by atoms with Crippen LogP contribution in [-0.2, 0) is 20.0 Å². The number of hydrogen-bond acceptors (Lipinski definition) is 5. The van der Waals surface area contributed by atoms with Gasteiger partial charge in [-0.3, -0.25) is 4.98 Å². The van der Waals surface area contributed by atoms with Gasteiger partial charge >= 0.3 is 0 Å². The molecule has 0 bridgehead atoms. The smallest absolute Gasteiger partial charge is 0.161 e. The molecule has 0 aliphatic heterocycles. The normalized spacial score (nSPS) is 11.1. The van der Waals surface area contributed by atoms with E-state index in [1.807, 2.05) is 30.3 Å². The standard InChI is InChI=1S/C21H22N6/c1-4-16-12-18(26-21(24-16)15-8-10-22-11-9-15)23-13-19-25-17-7-5-6-14(2)20(17)27(19)3/h5-12H,4,13H2,1-3H3,(H,23,24,26). The molecular weight excluding hydrogens is 336 g/mol. The van der Waals surface area contributed by atoms with Crippen LogP contribution in [0.3, 0.4) is 0 Å². The summed E-state index contributed by atoms with van der Waals surface area (Å²) in [7, 11) is 2.05. The average molecular weight is 358 g/mol. The lowest BCUT2D eigenvalue weighted by molar-refractivity contribution is 0.829. The Labute approximate surface area is 158 Å². The monoisotopic (exact) mass is 358 g/mol. The van der Waals surface area contributed by atoms with Gasteiger partial charge in [0.25, 0.3) is 0 Å². The van der Waals surface area contributed by atoms with Gasteiger partial charge in [0.1, 0.15) is 11.6 Å². The highest BCUT2D eigenvalue weighted by atomic mass is 15.1. The molecule has 3 heterocycles. The topological polar surface area (TPSA) is 68.5 Å². The molecule has 0 atom stereocenters. The Morgan fingerprint density at radius 1 is 1.04 bits per heavy atom. The van der Waals surface area contributed by atoms with Crippen molar-refractivity contribution in [1.82, 2.24) is 24.5 Å². The molecule has 0 amide bonds. The molecule has 0 saturated heterocycles. The molecule has 0 spiro atoms. The van der Waals surface area contributed by atoms with E-state index < -0.39 is 0 Å². The summed E-state index contributed by atoms with van der Waals surface area (Å²) in [5.41, 5.74) is 5.37. The number of rotatable bonds is 5. The van der Waals surface area contributed by atoms with Crippen LogP contribution >= 0.6 is 0 Å². The van der Waals surface area contributed by atoms with E-state index in [1.165, 1.54) is 11.1 Å². The Bertz CT molecular complexity index is 1080. The second-order valence-corrected chi connectivity index (χ2v) is 6.54. The van der Waals surface area contributed by atoms with E-state index >= 15 is 0 Å². The largest absolute Gasteiger partial charge is 0.363 e. The third-order valence-corrected chi connectivity index (χ3v) is 4.70. The highest BCUT2D eigenvalue weighted by Crippen LogP contribution is 2.21. The van der Waals surface area contributed by atoms with Gasteiger partial charge in [-0.2, -0.15) is 0 Å². The Hall–Kier alpha value is -3.28. The SMILES string of the molecule is CCc1cc(NCc2nc3cccc(C)c3n2C)nc(-c2ccncc2)n1. The Kier molecular flexibility index (Phi) is 4.54. The van der Waals surface area contributed by atoms with Gasteiger partial charge in [0.2, 0.25) is 0 Å². The zero-order chi connectivity index (χ0) is 18.8. The number of fused-ring (bicyclic) bond motifs is 1. The molecule has 3 aromatic heterocycles. The molecule has 6 heteroatoms. The number of aryl methyl sites for hydroxylation is 3. The molecule has 0 aliphatic carbocycles. The highest BCUT2D eigenvalue weighted by molar-refractivity contribution is 5.79. The van der Waals surface area contributed by atoms with Crippen LogP contribution < -0.4 is 5.32 Å². The summed E-state index contributed by atoms with van der Waals surface area (Å²) in [4.78, 5) is 18.1. The second kappa shape index (κ2) is 7.15. The number of nitrogens with one attached hydrogen (secondary N) is 1. The van der Waals surface area contributed by atoms with Gasteiger partial charge in [-0.25, -0.2) is 15.0 Å². The minimum atomic E-state index is 0.598. The van der Waals surface area contributed by atoms with Crippen molar-refractivity contribution in [3.05, 3.63) is 65.9 Å². The Morgan fingerprint density at radius 3 is 2.59 bits per heavy atom. The highest BCUT2D eigenvalue weighted by Gasteiger charge is 2.11. The number of benzene rings is 1. The summed E-state index contributed by atoms with van der Waals surface area (Å²) in [6.07, 6.45) is 4.36. The maximum Gasteiger partial charge on any atom is 0.161 e. The summed E-state index contributed by atoms with van der Waals surface area (Å²) in [6.45, 7) is 4.80. The van der Waals surface area contributed by atoms with E-state index in [-0.39, 0.29) is 0 Å². The summed E-state index contributed by atoms with van der Waals surface area (Å²) in [5, 5.41) is 3.42. The fourth-order valence-electron chi connectivity index (χ4n) is 3.24. The number of pyridine rings is 1. The van der Waals surface area contributed by atoms with Crippen LogP contribution in [0.4, 0.5) is 5.82 Å². The van der Waals surface area contributed by atoms with Gasteiger partial charge in [-0.05, 0) is 37.1 Å². The molecule has 0 aliphatic rings.